The van der Waals surface area contributed by atoms with Crippen molar-refractivity contribution in [1.82, 2.24) is 4.31 Å². The van der Waals surface area contributed by atoms with Crippen LogP contribution in [0.15, 0.2) is 34.5 Å². The molecule has 0 saturated heterocycles. The van der Waals surface area contributed by atoms with Crippen molar-refractivity contribution in [3.63, 3.8) is 0 Å². The molecule has 0 radical (unpaired) electrons. The first-order valence-electron chi connectivity index (χ1n) is 6.62. The second-order valence-electron chi connectivity index (χ2n) is 5.13. The van der Waals surface area contributed by atoms with E-state index >= 15 is 0 Å². The van der Waals surface area contributed by atoms with Crippen LogP contribution >= 0.6 is 11.3 Å². The smallest absolute Gasteiger partial charge is 0.265 e. The number of amides is 1. The van der Waals surface area contributed by atoms with Gasteiger partial charge in [-0.3, -0.25) is 4.79 Å². The molecule has 2 rings (SSSR count). The quantitative estimate of drug-likeness (QED) is 0.932. The van der Waals surface area contributed by atoms with Crippen LogP contribution in [0, 0.1) is 13.8 Å². The normalized spacial score (nSPS) is 11.7. The molecule has 0 unspecified atom stereocenters. The summed E-state index contributed by atoms with van der Waals surface area (Å²) in [5, 5.41) is 4.61. The molecule has 5 nitrogen and oxygen atoms in total. The van der Waals surface area contributed by atoms with Gasteiger partial charge < -0.3 is 5.32 Å². The number of anilines is 1. The summed E-state index contributed by atoms with van der Waals surface area (Å²) >= 11 is 1.34. The molecule has 0 aliphatic rings. The molecular weight excluding hydrogens is 320 g/mol. The lowest BCUT2D eigenvalue weighted by Gasteiger charge is -2.16. The molecule has 1 aromatic carbocycles. The minimum atomic E-state index is -3.54. The van der Waals surface area contributed by atoms with E-state index < -0.39 is 10.0 Å². The summed E-state index contributed by atoms with van der Waals surface area (Å²) in [5.41, 5.74) is 2.17. The Morgan fingerprint density at radius 2 is 1.91 bits per heavy atom. The Balaban J connectivity index is 2.44. The van der Waals surface area contributed by atoms with Crippen molar-refractivity contribution in [3.8, 4) is 0 Å². The van der Waals surface area contributed by atoms with E-state index in [1.807, 2.05) is 19.2 Å². The zero-order chi connectivity index (χ0) is 16.5. The number of thiophene rings is 1. The first-order valence-corrected chi connectivity index (χ1v) is 8.94. The third-order valence-electron chi connectivity index (χ3n) is 3.41. The van der Waals surface area contributed by atoms with Gasteiger partial charge in [-0.1, -0.05) is 6.07 Å². The number of nitrogens with zero attached hydrogens (tertiary/aromatic N) is 1. The van der Waals surface area contributed by atoms with Gasteiger partial charge in [0, 0.05) is 19.8 Å². The maximum Gasteiger partial charge on any atom is 0.265 e. The molecule has 0 atom stereocenters. The Kier molecular flexibility index (Phi) is 4.69. The Morgan fingerprint density at radius 3 is 2.45 bits per heavy atom. The summed E-state index contributed by atoms with van der Waals surface area (Å²) in [6.45, 7) is 3.68. The molecule has 0 aliphatic heterocycles. The molecule has 0 aliphatic carbocycles. The van der Waals surface area contributed by atoms with Gasteiger partial charge >= 0.3 is 0 Å². The monoisotopic (exact) mass is 338 g/mol. The Morgan fingerprint density at radius 1 is 1.23 bits per heavy atom. The lowest BCUT2D eigenvalue weighted by molar-refractivity contribution is 0.103. The molecule has 1 amide bonds. The molecule has 0 bridgehead atoms. The van der Waals surface area contributed by atoms with E-state index in [1.165, 1.54) is 31.5 Å². The van der Waals surface area contributed by atoms with Crippen LogP contribution in [0.25, 0.3) is 0 Å². The molecule has 1 aromatic heterocycles. The Labute approximate surface area is 134 Å². The fourth-order valence-electron chi connectivity index (χ4n) is 1.91. The number of benzene rings is 1. The summed E-state index contributed by atoms with van der Waals surface area (Å²) in [7, 11) is -0.582. The fraction of sp³-hybridized carbons (Fsp3) is 0.267. The van der Waals surface area contributed by atoms with Gasteiger partial charge in [-0.15, -0.1) is 11.3 Å². The maximum atomic E-state index is 12.3. The van der Waals surface area contributed by atoms with Gasteiger partial charge in [0.05, 0.1) is 9.77 Å². The van der Waals surface area contributed by atoms with Crippen molar-refractivity contribution in [1.29, 1.82) is 0 Å². The van der Waals surface area contributed by atoms with Crippen LogP contribution in [-0.4, -0.2) is 32.7 Å². The van der Waals surface area contributed by atoms with Crippen molar-refractivity contribution >= 4 is 33.0 Å². The van der Waals surface area contributed by atoms with Gasteiger partial charge in [-0.05, 0) is 48.6 Å². The minimum Gasteiger partial charge on any atom is -0.321 e. The number of rotatable bonds is 4. The van der Waals surface area contributed by atoms with E-state index in [4.69, 9.17) is 0 Å². The molecule has 0 saturated carbocycles. The van der Waals surface area contributed by atoms with Gasteiger partial charge in [0.1, 0.15) is 0 Å². The highest BCUT2D eigenvalue weighted by Gasteiger charge is 2.20. The number of carbonyl (C=O) groups is 1. The van der Waals surface area contributed by atoms with Crippen LogP contribution in [0.4, 0.5) is 5.69 Å². The molecule has 118 valence electrons. The van der Waals surface area contributed by atoms with Crippen LogP contribution < -0.4 is 5.32 Å². The van der Waals surface area contributed by atoms with Crippen LogP contribution in [0.1, 0.15) is 20.8 Å². The van der Waals surface area contributed by atoms with Gasteiger partial charge in [-0.25, -0.2) is 12.7 Å². The van der Waals surface area contributed by atoms with Gasteiger partial charge in [0.2, 0.25) is 10.0 Å². The van der Waals surface area contributed by atoms with Crippen LogP contribution in [-0.2, 0) is 10.0 Å². The van der Waals surface area contributed by atoms with Crippen molar-refractivity contribution in [3.05, 3.63) is 45.6 Å². The maximum absolute atomic E-state index is 12.3. The molecule has 22 heavy (non-hydrogen) atoms. The van der Waals surface area contributed by atoms with E-state index in [1.54, 1.807) is 18.2 Å². The molecule has 1 N–H and O–H groups in total. The van der Waals surface area contributed by atoms with Crippen LogP contribution in [0.5, 0.6) is 0 Å². The number of sulfonamides is 1. The highest BCUT2D eigenvalue weighted by molar-refractivity contribution is 7.89. The largest absolute Gasteiger partial charge is 0.321 e. The Bertz CT molecular complexity index is 794. The first-order chi connectivity index (χ1) is 10.2. The zero-order valence-corrected chi connectivity index (χ0v) is 14.5. The van der Waals surface area contributed by atoms with Crippen molar-refractivity contribution in [2.45, 2.75) is 18.7 Å². The van der Waals surface area contributed by atoms with E-state index in [2.05, 4.69) is 5.32 Å². The molecule has 0 fully saturated rings. The Hall–Kier alpha value is -1.70. The summed E-state index contributed by atoms with van der Waals surface area (Å²) in [6, 6.07) is 6.64. The number of nitrogens with one attached hydrogen (secondary N) is 1. The molecule has 1 heterocycles. The second kappa shape index (κ2) is 6.20. The number of hydrogen-bond acceptors (Lipinski definition) is 4. The SMILES string of the molecule is Cc1cc(S(=O)(=O)N(C)C)cc(NC(=O)c2cccs2)c1C. The summed E-state index contributed by atoms with van der Waals surface area (Å²) in [5.74, 6) is -0.239. The summed E-state index contributed by atoms with van der Waals surface area (Å²) in [6.07, 6.45) is 0. The molecule has 7 heteroatoms. The average molecular weight is 338 g/mol. The fourth-order valence-corrected chi connectivity index (χ4v) is 3.54. The van der Waals surface area contributed by atoms with E-state index in [-0.39, 0.29) is 10.8 Å². The predicted octanol–water partition coefficient (Wildman–Crippen LogP) is 2.87. The van der Waals surface area contributed by atoms with Gasteiger partial charge in [0.25, 0.3) is 5.91 Å². The number of aryl methyl sites for hydroxylation is 1. The van der Waals surface area contributed by atoms with Crippen molar-refractivity contribution in [2.75, 3.05) is 19.4 Å². The summed E-state index contributed by atoms with van der Waals surface area (Å²) in [4.78, 5) is 12.9. The van der Waals surface area contributed by atoms with Crippen LogP contribution in [0.3, 0.4) is 0 Å². The molecule has 0 spiro atoms. The van der Waals surface area contributed by atoms with E-state index in [9.17, 15) is 13.2 Å². The topological polar surface area (TPSA) is 66.5 Å². The second-order valence-corrected chi connectivity index (χ2v) is 8.23. The van der Waals surface area contributed by atoms with Crippen molar-refractivity contribution < 1.29 is 13.2 Å². The standard InChI is InChI=1S/C15H18N2O3S2/c1-10-8-12(22(19,20)17(3)4)9-13(11(10)2)16-15(18)14-6-5-7-21-14/h5-9H,1-4H3,(H,16,18). The van der Waals surface area contributed by atoms with Crippen molar-refractivity contribution in [2.24, 2.45) is 0 Å². The van der Waals surface area contributed by atoms with Gasteiger partial charge in [0.15, 0.2) is 0 Å². The number of carbonyl (C=O) groups excluding carboxylic acids is 1. The predicted molar refractivity (Wildman–Crippen MR) is 89.1 cm³/mol. The lowest BCUT2D eigenvalue weighted by atomic mass is 10.1. The van der Waals surface area contributed by atoms with Gasteiger partial charge in [-0.2, -0.15) is 0 Å². The zero-order valence-electron chi connectivity index (χ0n) is 12.9. The average Bonchev–Trinajstić information content (AvgIpc) is 2.97. The number of hydrogen-bond donors (Lipinski definition) is 1. The van der Waals surface area contributed by atoms with E-state index in [0.717, 1.165) is 15.4 Å². The lowest BCUT2D eigenvalue weighted by Crippen LogP contribution is -2.23. The molecule has 2 aromatic rings. The highest BCUT2D eigenvalue weighted by Crippen LogP contribution is 2.26. The minimum absolute atomic E-state index is 0.169. The highest BCUT2D eigenvalue weighted by atomic mass is 32.2. The van der Waals surface area contributed by atoms with Crippen LogP contribution in [0.2, 0.25) is 0 Å². The first kappa shape index (κ1) is 16.7. The van der Waals surface area contributed by atoms with E-state index in [0.29, 0.717) is 10.6 Å². The third-order valence-corrected chi connectivity index (χ3v) is 6.07. The summed E-state index contributed by atoms with van der Waals surface area (Å²) < 4.78 is 25.7. The molecular formula is C15H18N2O3S2. The third kappa shape index (κ3) is 3.21.